The van der Waals surface area contributed by atoms with Crippen molar-refractivity contribution >= 4 is 57.6 Å². The Hall–Kier alpha value is -3.72. The van der Waals surface area contributed by atoms with Crippen molar-refractivity contribution in [1.82, 2.24) is 5.32 Å². The number of aryl methyl sites for hydroxylation is 1. The van der Waals surface area contributed by atoms with E-state index >= 15 is 0 Å². The fourth-order valence-corrected chi connectivity index (χ4v) is 4.18. The summed E-state index contributed by atoms with van der Waals surface area (Å²) in [5.41, 5.74) is 2.28. The number of thioether (sulfide) groups is 1. The largest absolute Gasteiger partial charge is 0.478 e. The zero-order valence-corrected chi connectivity index (χ0v) is 16.7. The molecule has 30 heavy (non-hydrogen) atoms. The minimum atomic E-state index is -1.08. The summed E-state index contributed by atoms with van der Waals surface area (Å²) in [6, 6.07) is 11.3. The maximum atomic E-state index is 12.9. The van der Waals surface area contributed by atoms with E-state index in [9.17, 15) is 24.3 Å². The maximum absolute atomic E-state index is 12.9. The number of nitrogens with one attached hydrogen (secondary N) is 1. The number of hydrogen-bond donors (Lipinski definition) is 2. The Kier molecular flexibility index (Phi) is 4.75. The lowest BCUT2D eigenvalue weighted by Crippen LogP contribution is -2.31. The molecule has 2 aromatic rings. The van der Waals surface area contributed by atoms with Crippen molar-refractivity contribution < 1.29 is 24.3 Å². The molecule has 1 fully saturated rings. The van der Waals surface area contributed by atoms with Crippen LogP contribution >= 0.6 is 11.8 Å². The van der Waals surface area contributed by atoms with Crippen LogP contribution in [0.25, 0.3) is 5.57 Å². The molecule has 2 heterocycles. The van der Waals surface area contributed by atoms with Crippen LogP contribution in [0.2, 0.25) is 0 Å². The highest BCUT2D eigenvalue weighted by Gasteiger charge is 2.40. The maximum Gasteiger partial charge on any atom is 0.335 e. The molecule has 9 heteroatoms. The van der Waals surface area contributed by atoms with Gasteiger partial charge in [-0.25, -0.2) is 14.7 Å². The monoisotopic (exact) mass is 421 g/mol. The number of fused-ring (bicyclic) bond motifs is 1. The number of hydrogen-bond acceptors (Lipinski definition) is 6. The first kappa shape index (κ1) is 19.6. The lowest BCUT2D eigenvalue weighted by molar-refractivity contribution is -0.122. The molecule has 8 nitrogen and oxygen atoms in total. The van der Waals surface area contributed by atoms with Gasteiger partial charge in [0.2, 0.25) is 5.91 Å². The van der Waals surface area contributed by atoms with Gasteiger partial charge >= 0.3 is 5.97 Å². The molecule has 0 atom stereocenters. The van der Waals surface area contributed by atoms with Crippen LogP contribution in [-0.4, -0.2) is 34.0 Å². The van der Waals surface area contributed by atoms with Crippen molar-refractivity contribution in [2.45, 2.75) is 13.8 Å². The first-order valence-corrected chi connectivity index (χ1v) is 9.70. The lowest BCUT2D eigenvalue weighted by Gasteiger charge is -2.11. The Labute approximate surface area is 175 Å². The first-order chi connectivity index (χ1) is 14.3. The van der Waals surface area contributed by atoms with E-state index in [1.807, 2.05) is 0 Å². The molecule has 0 aromatic heterocycles. The van der Waals surface area contributed by atoms with Gasteiger partial charge in [-0.2, -0.15) is 0 Å². The molecule has 2 N–H and O–H groups in total. The third kappa shape index (κ3) is 3.18. The van der Waals surface area contributed by atoms with Gasteiger partial charge in [0, 0.05) is 12.5 Å². The van der Waals surface area contributed by atoms with E-state index in [2.05, 4.69) is 10.3 Å². The van der Waals surface area contributed by atoms with Crippen LogP contribution in [-0.2, 0) is 14.4 Å². The van der Waals surface area contributed by atoms with Gasteiger partial charge in [-0.05, 0) is 42.4 Å². The molecule has 0 spiro atoms. The molecule has 2 aliphatic heterocycles. The van der Waals surface area contributed by atoms with E-state index in [1.165, 1.54) is 19.1 Å². The average molecular weight is 421 g/mol. The fourth-order valence-electron chi connectivity index (χ4n) is 3.26. The third-order valence-electron chi connectivity index (χ3n) is 4.68. The minimum Gasteiger partial charge on any atom is -0.478 e. The molecule has 2 aromatic carbocycles. The van der Waals surface area contributed by atoms with Crippen LogP contribution in [0.1, 0.15) is 28.4 Å². The van der Waals surface area contributed by atoms with Gasteiger partial charge in [0.05, 0.1) is 27.4 Å². The van der Waals surface area contributed by atoms with Gasteiger partial charge in [-0.1, -0.05) is 24.3 Å². The van der Waals surface area contributed by atoms with Crippen molar-refractivity contribution in [2.75, 3.05) is 4.90 Å². The Morgan fingerprint density at radius 3 is 2.57 bits per heavy atom. The third-order valence-corrected chi connectivity index (χ3v) is 5.66. The van der Waals surface area contributed by atoms with E-state index in [1.54, 1.807) is 37.3 Å². The van der Waals surface area contributed by atoms with E-state index in [-0.39, 0.29) is 21.2 Å². The van der Waals surface area contributed by atoms with Crippen LogP contribution in [0.4, 0.5) is 11.4 Å². The molecule has 0 unspecified atom stereocenters. The summed E-state index contributed by atoms with van der Waals surface area (Å²) < 4.78 is 0. The summed E-state index contributed by atoms with van der Waals surface area (Å²) in [5, 5.41) is 12.0. The number of amides is 3. The topological polar surface area (TPSA) is 116 Å². The van der Waals surface area contributed by atoms with Crippen LogP contribution in [0.5, 0.6) is 0 Å². The number of carboxylic acid groups (broad SMARTS) is 1. The Balaban J connectivity index is 1.78. The van der Waals surface area contributed by atoms with Gasteiger partial charge in [0.1, 0.15) is 0 Å². The van der Waals surface area contributed by atoms with Gasteiger partial charge in [-0.15, -0.1) is 0 Å². The first-order valence-electron chi connectivity index (χ1n) is 8.88. The summed E-state index contributed by atoms with van der Waals surface area (Å²) in [6.45, 7) is 3.06. The molecular weight excluding hydrogens is 406 g/mol. The van der Waals surface area contributed by atoms with Crippen molar-refractivity contribution in [1.29, 1.82) is 0 Å². The zero-order valence-electron chi connectivity index (χ0n) is 15.9. The van der Waals surface area contributed by atoms with Crippen LogP contribution in [0, 0.1) is 6.92 Å². The number of carbonyl (C=O) groups excluding carboxylic acids is 3. The van der Waals surface area contributed by atoms with E-state index in [4.69, 9.17) is 0 Å². The molecule has 0 radical (unpaired) electrons. The quantitative estimate of drug-likeness (QED) is 0.721. The number of aliphatic imine (C=N–C) groups is 1. The SMILES string of the molecule is CC(=O)N1C(=O)/C(=C2\SC(=Nc3cc(C(=O)O)ccc3C)NC2=O)c2ccccc21. The van der Waals surface area contributed by atoms with E-state index < -0.39 is 23.7 Å². The second-order valence-electron chi connectivity index (χ2n) is 6.66. The van der Waals surface area contributed by atoms with Crippen molar-refractivity contribution in [3.63, 3.8) is 0 Å². The molecule has 4 rings (SSSR count). The zero-order chi connectivity index (χ0) is 21.6. The molecule has 1 saturated heterocycles. The number of carboxylic acids is 1. The predicted molar refractivity (Wildman–Crippen MR) is 112 cm³/mol. The molecular formula is C21H15N3O5S. The number of anilines is 1. The minimum absolute atomic E-state index is 0.0739. The fraction of sp³-hybridized carbons (Fsp3) is 0.0952. The van der Waals surface area contributed by atoms with E-state index in [0.717, 1.165) is 22.2 Å². The molecule has 3 amide bonds. The van der Waals surface area contributed by atoms with Gasteiger partial charge in [0.25, 0.3) is 11.8 Å². The van der Waals surface area contributed by atoms with Crippen LogP contribution < -0.4 is 10.2 Å². The Bertz CT molecular complexity index is 1210. The highest BCUT2D eigenvalue weighted by atomic mass is 32.2. The molecule has 0 saturated carbocycles. The van der Waals surface area contributed by atoms with E-state index in [0.29, 0.717) is 16.9 Å². The highest BCUT2D eigenvalue weighted by Crippen LogP contribution is 2.43. The number of nitrogens with zero attached hydrogens (tertiary/aromatic N) is 2. The van der Waals surface area contributed by atoms with Crippen molar-refractivity contribution in [2.24, 2.45) is 4.99 Å². The molecule has 0 bridgehead atoms. The number of benzene rings is 2. The van der Waals surface area contributed by atoms with Gasteiger partial charge in [0.15, 0.2) is 5.17 Å². The number of imide groups is 1. The molecule has 0 aliphatic carbocycles. The summed E-state index contributed by atoms with van der Waals surface area (Å²) in [4.78, 5) is 54.3. The summed E-state index contributed by atoms with van der Waals surface area (Å²) in [5.74, 6) is -2.60. The number of amidine groups is 1. The van der Waals surface area contributed by atoms with Crippen molar-refractivity contribution in [3.05, 3.63) is 64.1 Å². The van der Waals surface area contributed by atoms with Gasteiger partial charge in [-0.3, -0.25) is 14.4 Å². The summed E-state index contributed by atoms with van der Waals surface area (Å²) in [7, 11) is 0. The number of carbonyl (C=O) groups is 4. The van der Waals surface area contributed by atoms with Gasteiger partial charge < -0.3 is 10.4 Å². The van der Waals surface area contributed by atoms with Crippen molar-refractivity contribution in [3.8, 4) is 0 Å². The molecule has 2 aliphatic rings. The summed E-state index contributed by atoms with van der Waals surface area (Å²) in [6.07, 6.45) is 0. The average Bonchev–Trinajstić information content (AvgIpc) is 3.19. The number of aromatic carboxylic acids is 1. The Morgan fingerprint density at radius 2 is 1.87 bits per heavy atom. The second kappa shape index (κ2) is 7.27. The second-order valence-corrected chi connectivity index (χ2v) is 7.66. The van der Waals surface area contributed by atoms with Crippen LogP contribution in [0.15, 0.2) is 52.4 Å². The lowest BCUT2D eigenvalue weighted by atomic mass is 10.1. The Morgan fingerprint density at radius 1 is 1.13 bits per heavy atom. The van der Waals surface area contributed by atoms with Crippen LogP contribution in [0.3, 0.4) is 0 Å². The molecule has 150 valence electrons. The smallest absolute Gasteiger partial charge is 0.335 e. The predicted octanol–water partition coefficient (Wildman–Crippen LogP) is 2.85. The highest BCUT2D eigenvalue weighted by molar-refractivity contribution is 8.18. The normalized spacial score (nSPS) is 19.3. The number of rotatable bonds is 2. The standard InChI is InChI=1S/C21H15N3O5S/c1-10-7-8-12(20(28)29)9-14(10)22-21-23-18(26)17(30-21)16-13-5-3-4-6-15(13)24(11(2)25)19(16)27/h3-9H,1-2H3,(H,28,29)(H,22,23,26)/b17-16-. The summed E-state index contributed by atoms with van der Waals surface area (Å²) >= 11 is 0.978. The number of para-hydroxylation sites is 1.